The second kappa shape index (κ2) is 5.15. The van der Waals surface area contributed by atoms with Gasteiger partial charge >= 0.3 is 0 Å². The molecule has 0 unspecified atom stereocenters. The van der Waals surface area contributed by atoms with E-state index in [-0.39, 0.29) is 11.4 Å². The average molecular weight is 225 g/mol. The summed E-state index contributed by atoms with van der Waals surface area (Å²) in [5.41, 5.74) is 5.52. The Labute approximate surface area is 97.6 Å². The Hall–Kier alpha value is -0.610. The van der Waals surface area contributed by atoms with Crippen molar-refractivity contribution in [2.75, 3.05) is 26.2 Å². The van der Waals surface area contributed by atoms with E-state index in [1.165, 1.54) is 19.3 Å². The lowest BCUT2D eigenvalue weighted by molar-refractivity contribution is -0.122. The maximum absolute atomic E-state index is 11.3. The summed E-state index contributed by atoms with van der Waals surface area (Å²) in [7, 11) is 0. The molecule has 4 nitrogen and oxygen atoms in total. The lowest BCUT2D eigenvalue weighted by atomic mass is 9.77. The van der Waals surface area contributed by atoms with E-state index < -0.39 is 0 Å². The highest BCUT2D eigenvalue weighted by Gasteiger charge is 2.39. The number of carbonyl (C=O) groups is 1. The first-order valence-corrected chi connectivity index (χ1v) is 6.47. The van der Waals surface area contributed by atoms with Crippen LogP contribution in [0.15, 0.2) is 0 Å². The van der Waals surface area contributed by atoms with Gasteiger partial charge in [0.1, 0.15) is 0 Å². The van der Waals surface area contributed by atoms with Crippen LogP contribution in [-0.2, 0) is 4.79 Å². The summed E-state index contributed by atoms with van der Waals surface area (Å²) < 4.78 is 0. The molecule has 2 fully saturated rings. The predicted octanol–water partition coefficient (Wildman–Crippen LogP) is 0.470. The molecular formula is C12H23N3O. The van der Waals surface area contributed by atoms with Crippen LogP contribution in [-0.4, -0.2) is 42.5 Å². The third-order valence-corrected chi connectivity index (χ3v) is 4.08. The molecule has 0 aromatic rings. The molecule has 0 bridgehead atoms. The molecule has 3 N–H and O–H groups in total. The Morgan fingerprint density at radius 1 is 1.19 bits per heavy atom. The minimum absolute atomic E-state index is 0.0895. The zero-order chi connectivity index (χ0) is 11.4. The van der Waals surface area contributed by atoms with E-state index >= 15 is 0 Å². The van der Waals surface area contributed by atoms with E-state index in [2.05, 4.69) is 10.2 Å². The van der Waals surface area contributed by atoms with Crippen molar-refractivity contribution in [1.82, 2.24) is 10.2 Å². The van der Waals surface area contributed by atoms with Crippen LogP contribution in [0.2, 0.25) is 0 Å². The highest BCUT2D eigenvalue weighted by molar-refractivity contribution is 5.75. The molecular weight excluding hydrogens is 202 g/mol. The standard InChI is InChI=1S/C12H23N3O/c13-11(16)10-12(4-2-1-3-5-12)15-8-6-14-7-9-15/h14H,1-10H2,(H2,13,16). The number of nitrogens with zero attached hydrogens (tertiary/aromatic N) is 1. The van der Waals surface area contributed by atoms with Crippen LogP contribution >= 0.6 is 0 Å². The maximum atomic E-state index is 11.3. The van der Waals surface area contributed by atoms with Crippen molar-refractivity contribution in [1.29, 1.82) is 0 Å². The third kappa shape index (κ3) is 2.55. The Morgan fingerprint density at radius 3 is 2.38 bits per heavy atom. The molecule has 2 rings (SSSR count). The van der Waals surface area contributed by atoms with Crippen molar-refractivity contribution in [2.45, 2.75) is 44.1 Å². The van der Waals surface area contributed by atoms with Crippen LogP contribution < -0.4 is 11.1 Å². The van der Waals surface area contributed by atoms with Crippen LogP contribution in [0.5, 0.6) is 0 Å². The van der Waals surface area contributed by atoms with Crippen molar-refractivity contribution >= 4 is 5.91 Å². The monoisotopic (exact) mass is 225 g/mol. The Morgan fingerprint density at radius 2 is 1.81 bits per heavy atom. The summed E-state index contributed by atoms with van der Waals surface area (Å²) in [6, 6.07) is 0. The first-order valence-electron chi connectivity index (χ1n) is 6.47. The molecule has 0 atom stereocenters. The van der Waals surface area contributed by atoms with Crippen molar-refractivity contribution < 1.29 is 4.79 Å². The molecule has 0 radical (unpaired) electrons. The summed E-state index contributed by atoms with van der Waals surface area (Å²) in [6.45, 7) is 4.21. The van der Waals surface area contributed by atoms with Gasteiger partial charge in [0.05, 0.1) is 0 Å². The molecule has 1 aliphatic carbocycles. The summed E-state index contributed by atoms with van der Waals surface area (Å²) in [4.78, 5) is 13.8. The molecule has 1 saturated heterocycles. The van der Waals surface area contributed by atoms with Gasteiger partial charge in [0, 0.05) is 38.1 Å². The number of nitrogens with one attached hydrogen (secondary N) is 1. The largest absolute Gasteiger partial charge is 0.370 e. The number of nitrogens with two attached hydrogens (primary N) is 1. The zero-order valence-electron chi connectivity index (χ0n) is 10.0. The van der Waals surface area contributed by atoms with E-state index in [4.69, 9.17) is 5.73 Å². The van der Waals surface area contributed by atoms with Gasteiger partial charge in [-0.2, -0.15) is 0 Å². The lowest BCUT2D eigenvalue weighted by Crippen LogP contribution is -2.58. The average Bonchev–Trinajstić information content (AvgIpc) is 2.30. The summed E-state index contributed by atoms with van der Waals surface area (Å²) in [6.07, 6.45) is 6.65. The van der Waals surface area contributed by atoms with E-state index in [0.29, 0.717) is 6.42 Å². The maximum Gasteiger partial charge on any atom is 0.219 e. The Bertz CT molecular complexity index is 243. The minimum atomic E-state index is -0.138. The van der Waals surface area contributed by atoms with Gasteiger partial charge in [0.2, 0.25) is 5.91 Å². The molecule has 1 aliphatic heterocycles. The van der Waals surface area contributed by atoms with Crippen LogP contribution in [0.4, 0.5) is 0 Å². The van der Waals surface area contributed by atoms with Gasteiger partial charge in [-0.05, 0) is 12.8 Å². The topological polar surface area (TPSA) is 58.4 Å². The van der Waals surface area contributed by atoms with Gasteiger partial charge in [-0.15, -0.1) is 0 Å². The Balaban J connectivity index is 2.07. The SMILES string of the molecule is NC(=O)CC1(N2CCNCC2)CCCCC1. The van der Waals surface area contributed by atoms with Crippen LogP contribution in [0.3, 0.4) is 0 Å². The molecule has 0 spiro atoms. The fraction of sp³-hybridized carbons (Fsp3) is 0.917. The first kappa shape index (κ1) is 11.9. The van der Waals surface area contributed by atoms with E-state index in [1.807, 2.05) is 0 Å². The smallest absolute Gasteiger partial charge is 0.219 e. The van der Waals surface area contributed by atoms with E-state index in [9.17, 15) is 4.79 Å². The van der Waals surface area contributed by atoms with Gasteiger partial charge in [0.15, 0.2) is 0 Å². The lowest BCUT2D eigenvalue weighted by Gasteiger charge is -2.47. The first-order chi connectivity index (χ1) is 7.73. The fourth-order valence-corrected chi connectivity index (χ4v) is 3.28. The normalized spacial score (nSPS) is 26.5. The molecule has 92 valence electrons. The third-order valence-electron chi connectivity index (χ3n) is 4.08. The fourth-order valence-electron chi connectivity index (χ4n) is 3.28. The molecule has 4 heteroatoms. The van der Waals surface area contributed by atoms with E-state index in [1.54, 1.807) is 0 Å². The number of rotatable bonds is 3. The summed E-state index contributed by atoms with van der Waals surface area (Å²) >= 11 is 0. The van der Waals surface area contributed by atoms with Crippen molar-refractivity contribution in [3.05, 3.63) is 0 Å². The van der Waals surface area contributed by atoms with Crippen molar-refractivity contribution in [3.63, 3.8) is 0 Å². The van der Waals surface area contributed by atoms with Crippen molar-refractivity contribution in [3.8, 4) is 0 Å². The van der Waals surface area contributed by atoms with E-state index in [0.717, 1.165) is 39.0 Å². The number of piperazine rings is 1. The van der Waals surface area contributed by atoms with Crippen LogP contribution in [0.25, 0.3) is 0 Å². The van der Waals surface area contributed by atoms with Gasteiger partial charge < -0.3 is 11.1 Å². The highest BCUT2D eigenvalue weighted by Crippen LogP contribution is 2.36. The minimum Gasteiger partial charge on any atom is -0.370 e. The van der Waals surface area contributed by atoms with Gasteiger partial charge in [-0.1, -0.05) is 19.3 Å². The molecule has 0 aromatic heterocycles. The summed E-state index contributed by atoms with van der Waals surface area (Å²) in [5, 5.41) is 3.37. The number of amides is 1. The number of hydrogen-bond donors (Lipinski definition) is 2. The zero-order valence-corrected chi connectivity index (χ0v) is 10.0. The molecule has 1 amide bonds. The molecule has 1 saturated carbocycles. The Kier molecular flexibility index (Phi) is 3.82. The number of carbonyl (C=O) groups excluding carboxylic acids is 1. The molecule has 2 aliphatic rings. The quantitative estimate of drug-likeness (QED) is 0.734. The molecule has 1 heterocycles. The number of primary amides is 1. The second-order valence-corrected chi connectivity index (χ2v) is 5.17. The van der Waals surface area contributed by atoms with Gasteiger partial charge in [-0.3, -0.25) is 9.69 Å². The predicted molar refractivity (Wildman–Crippen MR) is 64.1 cm³/mol. The van der Waals surface area contributed by atoms with Gasteiger partial charge in [0.25, 0.3) is 0 Å². The second-order valence-electron chi connectivity index (χ2n) is 5.17. The van der Waals surface area contributed by atoms with Crippen LogP contribution in [0, 0.1) is 0 Å². The van der Waals surface area contributed by atoms with Crippen molar-refractivity contribution in [2.24, 2.45) is 5.73 Å². The molecule has 0 aromatic carbocycles. The van der Waals surface area contributed by atoms with Gasteiger partial charge in [-0.25, -0.2) is 0 Å². The number of hydrogen-bond acceptors (Lipinski definition) is 3. The summed E-state index contributed by atoms with van der Waals surface area (Å²) in [5.74, 6) is -0.138. The highest BCUT2D eigenvalue weighted by atomic mass is 16.1. The molecule has 16 heavy (non-hydrogen) atoms. The van der Waals surface area contributed by atoms with Crippen LogP contribution in [0.1, 0.15) is 38.5 Å².